The topological polar surface area (TPSA) is 41.6 Å². The molecule has 146 valence electrons. The summed E-state index contributed by atoms with van der Waals surface area (Å²) < 4.78 is 5.49. The van der Waals surface area contributed by atoms with E-state index in [1.807, 2.05) is 12.1 Å². The van der Waals surface area contributed by atoms with Crippen molar-refractivity contribution in [1.82, 2.24) is 10.2 Å². The minimum atomic E-state index is 0.0230. The predicted molar refractivity (Wildman–Crippen MR) is 111 cm³/mol. The second-order valence-electron chi connectivity index (χ2n) is 7.59. The summed E-state index contributed by atoms with van der Waals surface area (Å²) in [6.45, 7) is 6.82. The van der Waals surface area contributed by atoms with Gasteiger partial charge in [-0.15, -0.1) is 0 Å². The van der Waals surface area contributed by atoms with Crippen molar-refractivity contribution in [2.45, 2.75) is 33.4 Å². The molecule has 0 radical (unpaired) electrons. The van der Waals surface area contributed by atoms with Crippen LogP contribution in [-0.4, -0.2) is 38.1 Å². The predicted octanol–water partition coefficient (Wildman–Crippen LogP) is 4.09. The van der Waals surface area contributed by atoms with E-state index in [0.717, 1.165) is 17.7 Å². The Bertz CT molecular complexity index is 709. The number of nitrogens with zero attached hydrogens (tertiary/aromatic N) is 1. The number of carbonyl (C=O) groups excluding carboxylic acids is 1. The first-order chi connectivity index (χ1) is 13.0. The van der Waals surface area contributed by atoms with Gasteiger partial charge in [0.05, 0.1) is 6.61 Å². The van der Waals surface area contributed by atoms with Crippen LogP contribution < -0.4 is 5.32 Å². The molecule has 0 aromatic heterocycles. The lowest BCUT2D eigenvalue weighted by molar-refractivity contribution is -0.122. The number of carbonyl (C=O) groups is 1. The first kappa shape index (κ1) is 21.1. The summed E-state index contributed by atoms with van der Waals surface area (Å²) in [7, 11) is 4.14. The van der Waals surface area contributed by atoms with Crippen molar-refractivity contribution in [3.05, 3.63) is 59.7 Å². The molecule has 2 aromatic rings. The molecule has 0 bridgehead atoms. The van der Waals surface area contributed by atoms with Gasteiger partial charge in [0.25, 0.3) is 0 Å². The Morgan fingerprint density at radius 2 is 1.78 bits per heavy atom. The molecule has 4 heteroatoms. The highest BCUT2D eigenvalue weighted by Gasteiger charge is 2.07. The molecule has 0 saturated heterocycles. The average molecular weight is 369 g/mol. The zero-order valence-corrected chi connectivity index (χ0v) is 17.0. The Morgan fingerprint density at radius 1 is 1.07 bits per heavy atom. The average Bonchev–Trinajstić information content (AvgIpc) is 2.64. The van der Waals surface area contributed by atoms with Crippen LogP contribution >= 0.6 is 0 Å². The second-order valence-corrected chi connectivity index (χ2v) is 7.59. The summed E-state index contributed by atoms with van der Waals surface area (Å²) in [4.78, 5) is 14.2. The lowest BCUT2D eigenvalue weighted by Crippen LogP contribution is -2.24. The number of rotatable bonds is 10. The highest BCUT2D eigenvalue weighted by molar-refractivity contribution is 5.76. The van der Waals surface area contributed by atoms with Crippen LogP contribution in [0.5, 0.6) is 0 Å². The Hall–Kier alpha value is -2.17. The van der Waals surface area contributed by atoms with Crippen LogP contribution in [0.1, 0.15) is 31.4 Å². The highest BCUT2D eigenvalue weighted by Crippen LogP contribution is 2.24. The van der Waals surface area contributed by atoms with Crippen LogP contribution in [0.4, 0.5) is 0 Å². The van der Waals surface area contributed by atoms with E-state index in [4.69, 9.17) is 4.74 Å². The number of benzene rings is 2. The molecule has 0 aliphatic carbocycles. The van der Waals surface area contributed by atoms with E-state index in [1.165, 1.54) is 11.1 Å². The van der Waals surface area contributed by atoms with E-state index in [0.29, 0.717) is 32.1 Å². The number of hydrogen-bond donors (Lipinski definition) is 1. The van der Waals surface area contributed by atoms with Crippen LogP contribution in [0.2, 0.25) is 0 Å². The third-order valence-corrected chi connectivity index (χ3v) is 4.18. The third kappa shape index (κ3) is 7.53. The first-order valence-corrected chi connectivity index (χ1v) is 9.62. The van der Waals surface area contributed by atoms with Crippen molar-refractivity contribution in [2.24, 2.45) is 5.92 Å². The van der Waals surface area contributed by atoms with Crippen molar-refractivity contribution in [2.75, 3.05) is 27.3 Å². The fraction of sp³-hybridized carbons (Fsp3) is 0.435. The molecule has 0 atom stereocenters. The van der Waals surface area contributed by atoms with Crippen LogP contribution in [-0.2, 0) is 22.6 Å². The molecule has 0 saturated carbocycles. The van der Waals surface area contributed by atoms with Gasteiger partial charge in [-0.1, -0.05) is 62.4 Å². The molecule has 27 heavy (non-hydrogen) atoms. The second kappa shape index (κ2) is 10.9. The molecule has 4 nitrogen and oxygen atoms in total. The summed E-state index contributed by atoms with van der Waals surface area (Å²) in [5, 5.41) is 3.01. The Labute approximate surface area is 163 Å². The molecule has 0 aliphatic rings. The maximum atomic E-state index is 12.1. The van der Waals surface area contributed by atoms with Gasteiger partial charge < -0.3 is 15.0 Å². The van der Waals surface area contributed by atoms with E-state index in [1.54, 1.807) is 0 Å². The van der Waals surface area contributed by atoms with Gasteiger partial charge in [-0.3, -0.25) is 4.79 Å². The molecular weight excluding hydrogens is 336 g/mol. The molecule has 1 N–H and O–H groups in total. The fourth-order valence-corrected chi connectivity index (χ4v) is 2.88. The number of amides is 1. The van der Waals surface area contributed by atoms with E-state index in [-0.39, 0.29) is 5.91 Å². The van der Waals surface area contributed by atoms with E-state index < -0.39 is 0 Å². The maximum Gasteiger partial charge on any atom is 0.222 e. The molecule has 0 aliphatic heterocycles. The Morgan fingerprint density at radius 3 is 2.44 bits per heavy atom. The van der Waals surface area contributed by atoms with Gasteiger partial charge in [0, 0.05) is 26.1 Å². The van der Waals surface area contributed by atoms with Gasteiger partial charge in [0.2, 0.25) is 5.91 Å². The Kier molecular flexibility index (Phi) is 8.49. The van der Waals surface area contributed by atoms with Crippen molar-refractivity contribution in [1.29, 1.82) is 0 Å². The summed E-state index contributed by atoms with van der Waals surface area (Å²) in [6, 6.07) is 16.9. The minimum Gasteiger partial charge on any atom is -0.381 e. The summed E-state index contributed by atoms with van der Waals surface area (Å²) in [5.74, 6) is 0.513. The van der Waals surface area contributed by atoms with Gasteiger partial charge in [-0.2, -0.15) is 0 Å². The summed E-state index contributed by atoms with van der Waals surface area (Å²) >= 11 is 0. The SMILES string of the molecule is CC(C)COCCC(=O)NCc1ccccc1-c1ccc(CN(C)C)cc1. The number of hydrogen-bond acceptors (Lipinski definition) is 3. The monoisotopic (exact) mass is 368 g/mol. The molecule has 2 aromatic carbocycles. The molecule has 0 unspecified atom stereocenters. The van der Waals surface area contributed by atoms with Gasteiger partial charge in [-0.05, 0) is 42.3 Å². The van der Waals surface area contributed by atoms with Crippen molar-refractivity contribution < 1.29 is 9.53 Å². The van der Waals surface area contributed by atoms with Gasteiger partial charge >= 0.3 is 0 Å². The van der Waals surface area contributed by atoms with Crippen molar-refractivity contribution in [3.8, 4) is 11.1 Å². The summed E-state index contributed by atoms with van der Waals surface area (Å²) in [6.07, 6.45) is 0.397. The van der Waals surface area contributed by atoms with E-state index in [2.05, 4.69) is 74.6 Å². The summed E-state index contributed by atoms with van der Waals surface area (Å²) in [5.41, 5.74) is 4.73. The normalized spacial score (nSPS) is 11.2. The van der Waals surface area contributed by atoms with Crippen molar-refractivity contribution >= 4 is 5.91 Å². The zero-order chi connectivity index (χ0) is 19.6. The largest absolute Gasteiger partial charge is 0.381 e. The van der Waals surface area contributed by atoms with Gasteiger partial charge in [0.1, 0.15) is 0 Å². The molecule has 2 rings (SSSR count). The lowest BCUT2D eigenvalue weighted by atomic mass is 9.98. The third-order valence-electron chi connectivity index (χ3n) is 4.18. The number of ether oxygens (including phenoxy) is 1. The molecule has 0 heterocycles. The molecule has 1 amide bonds. The van der Waals surface area contributed by atoms with E-state index >= 15 is 0 Å². The minimum absolute atomic E-state index is 0.0230. The van der Waals surface area contributed by atoms with Crippen LogP contribution in [0, 0.1) is 5.92 Å². The van der Waals surface area contributed by atoms with Gasteiger partial charge in [-0.25, -0.2) is 0 Å². The molecular formula is C23H32N2O2. The maximum absolute atomic E-state index is 12.1. The van der Waals surface area contributed by atoms with Crippen LogP contribution in [0.15, 0.2) is 48.5 Å². The van der Waals surface area contributed by atoms with Crippen LogP contribution in [0.25, 0.3) is 11.1 Å². The van der Waals surface area contributed by atoms with E-state index in [9.17, 15) is 4.79 Å². The zero-order valence-electron chi connectivity index (χ0n) is 17.0. The lowest BCUT2D eigenvalue weighted by Gasteiger charge is -2.13. The fourth-order valence-electron chi connectivity index (χ4n) is 2.88. The standard InChI is InChI=1S/C23H32N2O2/c1-18(2)17-27-14-13-23(26)24-15-21-7-5-6-8-22(21)20-11-9-19(10-12-20)16-25(3)4/h5-12,18H,13-17H2,1-4H3,(H,24,26). The first-order valence-electron chi connectivity index (χ1n) is 9.62. The van der Waals surface area contributed by atoms with Gasteiger partial charge in [0.15, 0.2) is 0 Å². The molecule has 0 spiro atoms. The number of nitrogens with one attached hydrogen (secondary N) is 1. The Balaban J connectivity index is 1.94. The highest BCUT2D eigenvalue weighted by atomic mass is 16.5. The molecule has 0 fully saturated rings. The quantitative estimate of drug-likeness (QED) is 0.642. The van der Waals surface area contributed by atoms with Crippen molar-refractivity contribution in [3.63, 3.8) is 0 Å². The smallest absolute Gasteiger partial charge is 0.222 e. The van der Waals surface area contributed by atoms with Crippen LogP contribution in [0.3, 0.4) is 0 Å².